The van der Waals surface area contributed by atoms with Crippen LogP contribution in [0.5, 0.6) is 11.5 Å². The van der Waals surface area contributed by atoms with Gasteiger partial charge in [0.1, 0.15) is 19.0 Å². The van der Waals surface area contributed by atoms with E-state index in [-0.39, 0.29) is 17.3 Å². The van der Waals surface area contributed by atoms with E-state index in [1.807, 2.05) is 32.0 Å². The minimum Gasteiger partial charge on any atom is -0.493 e. The summed E-state index contributed by atoms with van der Waals surface area (Å²) in [4.78, 5) is 39.2. The third kappa shape index (κ3) is 6.54. The lowest BCUT2D eigenvalue weighted by atomic mass is 10.1. The number of hydrogen-bond donors (Lipinski definition) is 1. The van der Waals surface area contributed by atoms with Gasteiger partial charge in [0.2, 0.25) is 5.91 Å². The fraction of sp³-hybridized carbons (Fsp3) is 0.179. The van der Waals surface area contributed by atoms with Gasteiger partial charge < -0.3 is 14.8 Å². The second kappa shape index (κ2) is 12.0. The zero-order chi connectivity index (χ0) is 27.4. The number of rotatable bonds is 8. The third-order valence-electron chi connectivity index (χ3n) is 5.56. The summed E-state index contributed by atoms with van der Waals surface area (Å²) in [7, 11) is 1.48. The number of amides is 3. The van der Waals surface area contributed by atoms with Gasteiger partial charge in [-0.1, -0.05) is 24.3 Å². The molecule has 7 nitrogen and oxygen atoms in total. The van der Waals surface area contributed by atoms with Crippen LogP contribution in [-0.4, -0.2) is 35.6 Å². The zero-order valence-electron chi connectivity index (χ0n) is 20.8. The first-order valence-corrected chi connectivity index (χ1v) is 13.4. The van der Waals surface area contributed by atoms with Crippen molar-refractivity contribution >= 4 is 63.2 Å². The Morgan fingerprint density at radius 2 is 1.82 bits per heavy atom. The van der Waals surface area contributed by atoms with Crippen molar-refractivity contribution in [1.29, 1.82) is 0 Å². The van der Waals surface area contributed by atoms with Gasteiger partial charge >= 0.3 is 0 Å². The molecule has 38 heavy (non-hydrogen) atoms. The average Bonchev–Trinajstić information content (AvgIpc) is 3.10. The van der Waals surface area contributed by atoms with Gasteiger partial charge in [0, 0.05) is 11.3 Å². The highest BCUT2D eigenvalue weighted by molar-refractivity contribution is 14.1. The van der Waals surface area contributed by atoms with Gasteiger partial charge in [-0.15, -0.1) is 0 Å². The van der Waals surface area contributed by atoms with Crippen molar-refractivity contribution in [3.05, 3.63) is 91.1 Å². The topological polar surface area (TPSA) is 84.9 Å². The molecule has 0 atom stereocenters. The molecule has 0 aliphatic carbocycles. The molecule has 3 amide bonds. The monoisotopic (exact) mass is 646 g/mol. The van der Waals surface area contributed by atoms with E-state index in [4.69, 9.17) is 9.47 Å². The van der Waals surface area contributed by atoms with Crippen LogP contribution in [0, 0.1) is 23.2 Å². The highest BCUT2D eigenvalue weighted by atomic mass is 127. The van der Waals surface area contributed by atoms with Crippen molar-refractivity contribution in [2.45, 2.75) is 20.5 Å². The Labute approximate surface area is 237 Å². The number of carbonyl (C=O) groups is 3. The average molecular weight is 646 g/mol. The number of carbonyl (C=O) groups excluding carboxylic acids is 3. The predicted octanol–water partition coefficient (Wildman–Crippen LogP) is 6.31. The normalized spacial score (nSPS) is 14.2. The molecule has 0 radical (unpaired) electrons. The summed E-state index contributed by atoms with van der Waals surface area (Å²) in [5.41, 5.74) is 3.60. The van der Waals surface area contributed by atoms with Crippen molar-refractivity contribution in [1.82, 2.24) is 4.90 Å². The first kappa shape index (κ1) is 27.6. The zero-order valence-corrected chi connectivity index (χ0v) is 23.8. The maximum absolute atomic E-state index is 14.0. The number of anilines is 1. The van der Waals surface area contributed by atoms with Crippen LogP contribution in [0.15, 0.2) is 59.5 Å². The van der Waals surface area contributed by atoms with Crippen LogP contribution >= 0.6 is 34.4 Å². The van der Waals surface area contributed by atoms with Gasteiger partial charge in [-0.05, 0) is 101 Å². The van der Waals surface area contributed by atoms with Gasteiger partial charge in [-0.2, -0.15) is 0 Å². The Balaban J connectivity index is 1.48. The molecule has 0 spiro atoms. The molecule has 0 aromatic heterocycles. The van der Waals surface area contributed by atoms with Crippen LogP contribution in [0.4, 0.5) is 14.9 Å². The summed E-state index contributed by atoms with van der Waals surface area (Å²) in [6.07, 6.45) is 1.57. The van der Waals surface area contributed by atoms with E-state index in [1.165, 1.54) is 13.2 Å². The third-order valence-corrected chi connectivity index (χ3v) is 7.27. The summed E-state index contributed by atoms with van der Waals surface area (Å²) in [5, 5.41) is 2.22. The highest BCUT2D eigenvalue weighted by Gasteiger charge is 2.36. The predicted molar refractivity (Wildman–Crippen MR) is 154 cm³/mol. The highest BCUT2D eigenvalue weighted by Crippen LogP contribution is 2.37. The van der Waals surface area contributed by atoms with Crippen LogP contribution < -0.4 is 14.8 Å². The van der Waals surface area contributed by atoms with Crippen molar-refractivity contribution < 1.29 is 28.2 Å². The standard InChI is InChI=1S/C28H24FIN2O5S/c1-16-8-17(2)10-20(9-16)31-25(33)14-32-27(34)24(38-28(32)35)13-18-11-22(30)26(23(12-18)36-3)37-15-19-6-4-5-7-21(19)29/h4-13H,14-15H2,1-3H3,(H,31,33)/b24-13+. The van der Waals surface area contributed by atoms with E-state index in [2.05, 4.69) is 27.9 Å². The van der Waals surface area contributed by atoms with Crippen molar-refractivity contribution in [3.8, 4) is 11.5 Å². The molecule has 4 rings (SSSR count). The second-order valence-corrected chi connectivity index (χ2v) is 10.8. The van der Waals surface area contributed by atoms with Crippen LogP contribution in [0.2, 0.25) is 0 Å². The van der Waals surface area contributed by atoms with Crippen molar-refractivity contribution in [3.63, 3.8) is 0 Å². The quantitative estimate of drug-likeness (QED) is 0.228. The van der Waals surface area contributed by atoms with E-state index in [0.29, 0.717) is 31.9 Å². The molecule has 0 unspecified atom stereocenters. The largest absolute Gasteiger partial charge is 0.493 e. The van der Waals surface area contributed by atoms with Gasteiger partial charge in [0.05, 0.1) is 15.6 Å². The molecule has 3 aromatic rings. The molecule has 1 heterocycles. The number of thioether (sulfide) groups is 1. The van der Waals surface area contributed by atoms with E-state index < -0.39 is 23.6 Å². The van der Waals surface area contributed by atoms with E-state index in [0.717, 1.165) is 27.8 Å². The Hall–Kier alpha value is -3.38. The van der Waals surface area contributed by atoms with Crippen LogP contribution in [0.25, 0.3) is 6.08 Å². The van der Waals surface area contributed by atoms with Crippen LogP contribution in [-0.2, 0) is 16.2 Å². The lowest BCUT2D eigenvalue weighted by Crippen LogP contribution is -2.36. The van der Waals surface area contributed by atoms with E-state index >= 15 is 0 Å². The maximum Gasteiger partial charge on any atom is 0.294 e. The second-order valence-electron chi connectivity index (χ2n) is 8.61. The molecule has 1 fully saturated rings. The molecule has 196 valence electrons. The molecular weight excluding hydrogens is 622 g/mol. The fourth-order valence-electron chi connectivity index (χ4n) is 3.91. The number of nitrogens with one attached hydrogen (secondary N) is 1. The summed E-state index contributed by atoms with van der Waals surface area (Å²) < 4.78 is 26.0. The Kier molecular flexibility index (Phi) is 8.72. The smallest absolute Gasteiger partial charge is 0.294 e. The summed E-state index contributed by atoms with van der Waals surface area (Å²) in [6.45, 7) is 3.46. The first-order chi connectivity index (χ1) is 18.1. The molecule has 10 heteroatoms. The van der Waals surface area contributed by atoms with Crippen molar-refractivity contribution in [2.75, 3.05) is 19.0 Å². The van der Waals surface area contributed by atoms with Gasteiger partial charge in [-0.25, -0.2) is 4.39 Å². The molecule has 1 N–H and O–H groups in total. The fourth-order valence-corrected chi connectivity index (χ4v) is 5.53. The number of aryl methyl sites for hydroxylation is 2. The van der Waals surface area contributed by atoms with Gasteiger partial charge in [0.15, 0.2) is 11.5 Å². The number of benzene rings is 3. The molecule has 1 saturated heterocycles. The lowest BCUT2D eigenvalue weighted by molar-refractivity contribution is -0.127. The number of hydrogen-bond acceptors (Lipinski definition) is 6. The molecule has 1 aliphatic rings. The molecule has 1 aliphatic heterocycles. The SMILES string of the molecule is COc1cc(/C=C2/SC(=O)N(CC(=O)Nc3cc(C)cc(C)c3)C2=O)cc(I)c1OCc1ccccc1F. The van der Waals surface area contributed by atoms with Crippen LogP contribution in [0.1, 0.15) is 22.3 Å². The molecular formula is C28H24FIN2O5S. The van der Waals surface area contributed by atoms with E-state index in [9.17, 15) is 18.8 Å². The summed E-state index contributed by atoms with van der Waals surface area (Å²) in [6, 6.07) is 15.4. The number of halogens is 2. The van der Waals surface area contributed by atoms with Gasteiger partial charge in [-0.3, -0.25) is 19.3 Å². The lowest BCUT2D eigenvalue weighted by Gasteiger charge is -2.14. The van der Waals surface area contributed by atoms with Gasteiger partial charge in [0.25, 0.3) is 11.1 Å². The van der Waals surface area contributed by atoms with Crippen molar-refractivity contribution in [2.24, 2.45) is 0 Å². The number of imide groups is 1. The maximum atomic E-state index is 14.0. The Morgan fingerprint density at radius 1 is 1.11 bits per heavy atom. The minimum absolute atomic E-state index is 0.0153. The summed E-state index contributed by atoms with van der Waals surface area (Å²) in [5.74, 6) is -0.553. The molecule has 0 saturated carbocycles. The van der Waals surface area contributed by atoms with E-state index in [1.54, 1.807) is 36.4 Å². The first-order valence-electron chi connectivity index (χ1n) is 11.5. The number of methoxy groups -OCH3 is 1. The Morgan fingerprint density at radius 3 is 2.50 bits per heavy atom. The molecule has 3 aromatic carbocycles. The summed E-state index contributed by atoms with van der Waals surface area (Å²) >= 11 is 2.83. The Bertz CT molecular complexity index is 1440. The number of ether oxygens (including phenoxy) is 2. The number of nitrogens with zero attached hydrogens (tertiary/aromatic N) is 1. The minimum atomic E-state index is -0.551. The van der Waals surface area contributed by atoms with Crippen LogP contribution in [0.3, 0.4) is 0 Å². The molecule has 0 bridgehead atoms.